The molecule has 8 heteroatoms. The van der Waals surface area contributed by atoms with E-state index < -0.39 is 0 Å². The van der Waals surface area contributed by atoms with E-state index in [1.54, 1.807) is 40.9 Å². The van der Waals surface area contributed by atoms with Crippen LogP contribution in [0.3, 0.4) is 0 Å². The lowest BCUT2D eigenvalue weighted by Gasteiger charge is -2.15. The molecule has 0 bridgehead atoms. The van der Waals surface area contributed by atoms with Crippen LogP contribution in [-0.4, -0.2) is 50.2 Å². The van der Waals surface area contributed by atoms with Gasteiger partial charge in [-0.2, -0.15) is 5.10 Å². The Hall–Kier alpha value is -2.74. The van der Waals surface area contributed by atoms with Crippen LogP contribution >= 0.6 is 11.3 Å². The van der Waals surface area contributed by atoms with Crippen molar-refractivity contribution < 1.29 is 9.53 Å². The van der Waals surface area contributed by atoms with Crippen LogP contribution in [0.4, 0.5) is 0 Å². The highest BCUT2D eigenvalue weighted by Crippen LogP contribution is 2.24. The molecule has 1 aliphatic rings. The van der Waals surface area contributed by atoms with Crippen molar-refractivity contribution in [2.45, 2.75) is 12.5 Å². The van der Waals surface area contributed by atoms with Crippen LogP contribution in [0.1, 0.15) is 16.9 Å². The molecule has 4 rings (SSSR count). The van der Waals surface area contributed by atoms with E-state index in [9.17, 15) is 4.79 Å². The van der Waals surface area contributed by atoms with Gasteiger partial charge in [0.15, 0.2) is 5.69 Å². The van der Waals surface area contributed by atoms with E-state index in [4.69, 9.17) is 4.74 Å². The number of nitrogens with one attached hydrogen (secondary N) is 1. The molecular weight excluding hydrogens is 326 g/mol. The Morgan fingerprint density at radius 1 is 1.42 bits per heavy atom. The van der Waals surface area contributed by atoms with Crippen LogP contribution in [0.25, 0.3) is 10.6 Å². The molecule has 1 N–H and O–H groups in total. The van der Waals surface area contributed by atoms with Crippen LogP contribution in [-0.2, 0) is 0 Å². The van der Waals surface area contributed by atoms with Crippen molar-refractivity contribution in [3.63, 3.8) is 0 Å². The minimum atomic E-state index is -0.0840. The monoisotopic (exact) mass is 341 g/mol. The van der Waals surface area contributed by atoms with Gasteiger partial charge >= 0.3 is 0 Å². The molecular formula is C16H15N5O2S. The third-order valence-electron chi connectivity index (χ3n) is 3.84. The Kier molecular flexibility index (Phi) is 3.96. The van der Waals surface area contributed by atoms with Crippen LogP contribution in [0.5, 0.6) is 5.88 Å². The molecule has 1 unspecified atom stereocenters. The van der Waals surface area contributed by atoms with Gasteiger partial charge in [-0.3, -0.25) is 14.9 Å². The van der Waals surface area contributed by atoms with E-state index in [2.05, 4.69) is 20.2 Å². The number of H-pyrrole nitrogens is 1. The molecule has 3 aromatic heterocycles. The summed E-state index contributed by atoms with van der Waals surface area (Å²) in [5, 5.41) is 9.07. The Morgan fingerprint density at radius 3 is 3.17 bits per heavy atom. The summed E-state index contributed by atoms with van der Waals surface area (Å²) in [6.45, 7) is 1.17. The fraction of sp³-hybridized carbons (Fsp3) is 0.250. The van der Waals surface area contributed by atoms with E-state index in [1.165, 1.54) is 0 Å². The Balaban J connectivity index is 1.41. The molecule has 0 aliphatic carbocycles. The molecule has 0 aromatic carbocycles. The van der Waals surface area contributed by atoms with Crippen molar-refractivity contribution >= 4 is 17.2 Å². The molecule has 122 valence electrons. The normalized spacial score (nSPS) is 17.2. The molecule has 1 fully saturated rings. The highest BCUT2D eigenvalue weighted by atomic mass is 32.1. The van der Waals surface area contributed by atoms with Gasteiger partial charge in [0.1, 0.15) is 6.10 Å². The summed E-state index contributed by atoms with van der Waals surface area (Å²) in [4.78, 5) is 23.5. The minimum Gasteiger partial charge on any atom is -0.471 e. The summed E-state index contributed by atoms with van der Waals surface area (Å²) >= 11 is 1.61. The number of amides is 1. The molecule has 7 nitrogen and oxygen atoms in total. The number of thiophene rings is 1. The summed E-state index contributed by atoms with van der Waals surface area (Å²) in [6.07, 6.45) is 5.46. The standard InChI is InChI=1S/C16H15N5O2S/c22-16(13-8-12(19-20-13)14-2-1-7-24-14)21-6-3-11(10-21)23-15-9-17-4-5-18-15/h1-2,4-5,7-9,11H,3,6,10H2,(H,19,20). The lowest BCUT2D eigenvalue weighted by molar-refractivity contribution is 0.0765. The maximum atomic E-state index is 12.6. The minimum absolute atomic E-state index is 0.0682. The quantitative estimate of drug-likeness (QED) is 0.786. The van der Waals surface area contributed by atoms with Crippen molar-refractivity contribution in [1.29, 1.82) is 0 Å². The maximum Gasteiger partial charge on any atom is 0.274 e. The van der Waals surface area contributed by atoms with E-state index in [-0.39, 0.29) is 12.0 Å². The average molecular weight is 341 g/mol. The topological polar surface area (TPSA) is 84.0 Å². The van der Waals surface area contributed by atoms with Crippen LogP contribution in [0, 0.1) is 0 Å². The zero-order chi connectivity index (χ0) is 16.4. The molecule has 4 heterocycles. The van der Waals surface area contributed by atoms with Crippen molar-refractivity contribution in [2.24, 2.45) is 0 Å². The summed E-state index contributed by atoms with van der Waals surface area (Å²) < 4.78 is 5.76. The first-order valence-corrected chi connectivity index (χ1v) is 8.49. The van der Waals surface area contributed by atoms with E-state index in [0.29, 0.717) is 24.7 Å². The van der Waals surface area contributed by atoms with Crippen molar-refractivity contribution in [1.82, 2.24) is 25.1 Å². The predicted molar refractivity (Wildman–Crippen MR) is 88.9 cm³/mol. The molecule has 0 saturated carbocycles. The van der Waals surface area contributed by atoms with Gasteiger partial charge in [-0.05, 0) is 17.5 Å². The van der Waals surface area contributed by atoms with Gasteiger partial charge in [0.05, 0.1) is 23.3 Å². The second-order valence-electron chi connectivity index (χ2n) is 5.47. The van der Waals surface area contributed by atoms with Gasteiger partial charge in [0.25, 0.3) is 5.91 Å². The number of carbonyl (C=O) groups is 1. The highest BCUT2D eigenvalue weighted by Gasteiger charge is 2.29. The van der Waals surface area contributed by atoms with Crippen LogP contribution < -0.4 is 4.74 Å². The third-order valence-corrected chi connectivity index (χ3v) is 4.75. The van der Waals surface area contributed by atoms with E-state index >= 15 is 0 Å². The zero-order valence-corrected chi connectivity index (χ0v) is 13.6. The smallest absolute Gasteiger partial charge is 0.274 e. The Morgan fingerprint density at radius 2 is 2.38 bits per heavy atom. The zero-order valence-electron chi connectivity index (χ0n) is 12.8. The van der Waals surface area contributed by atoms with Gasteiger partial charge in [-0.25, -0.2) is 4.98 Å². The molecule has 24 heavy (non-hydrogen) atoms. The Labute approximate surface area is 142 Å². The number of nitrogens with zero attached hydrogens (tertiary/aromatic N) is 4. The summed E-state index contributed by atoms with van der Waals surface area (Å²) in [7, 11) is 0. The van der Waals surface area contributed by atoms with E-state index in [0.717, 1.165) is 17.0 Å². The predicted octanol–water partition coefficient (Wildman–Crippen LogP) is 2.22. The largest absolute Gasteiger partial charge is 0.471 e. The number of carbonyl (C=O) groups excluding carboxylic acids is 1. The van der Waals surface area contributed by atoms with Gasteiger partial charge in [0.2, 0.25) is 5.88 Å². The molecule has 1 amide bonds. The average Bonchev–Trinajstić information content (AvgIpc) is 3.36. The SMILES string of the molecule is O=C(c1cc(-c2cccs2)[nH]n1)N1CCC(Oc2cnccn2)C1. The second-order valence-corrected chi connectivity index (χ2v) is 6.42. The fourth-order valence-electron chi connectivity index (χ4n) is 2.68. The highest BCUT2D eigenvalue weighted by molar-refractivity contribution is 7.13. The molecule has 1 aliphatic heterocycles. The van der Waals surface area contributed by atoms with Crippen LogP contribution in [0.2, 0.25) is 0 Å². The van der Waals surface area contributed by atoms with E-state index in [1.807, 2.05) is 17.5 Å². The first kappa shape index (κ1) is 14.8. The second kappa shape index (κ2) is 6.40. The number of ether oxygens (including phenoxy) is 1. The lowest BCUT2D eigenvalue weighted by Crippen LogP contribution is -2.31. The number of hydrogen-bond donors (Lipinski definition) is 1. The number of rotatable bonds is 4. The van der Waals surface area contributed by atoms with Crippen molar-refractivity contribution in [3.8, 4) is 16.5 Å². The molecule has 1 atom stereocenters. The number of hydrogen-bond acceptors (Lipinski definition) is 6. The summed E-state index contributed by atoms with van der Waals surface area (Å²) in [5.41, 5.74) is 1.29. The van der Waals surface area contributed by atoms with Gasteiger partial charge in [-0.15, -0.1) is 11.3 Å². The fourth-order valence-corrected chi connectivity index (χ4v) is 3.37. The molecule has 1 saturated heterocycles. The molecule has 0 spiro atoms. The summed E-state index contributed by atoms with van der Waals surface area (Å²) in [5.74, 6) is 0.399. The van der Waals surface area contributed by atoms with Crippen molar-refractivity contribution in [2.75, 3.05) is 13.1 Å². The van der Waals surface area contributed by atoms with Crippen molar-refractivity contribution in [3.05, 3.63) is 47.9 Å². The lowest BCUT2D eigenvalue weighted by atomic mass is 10.3. The Bertz CT molecular complexity index is 818. The maximum absolute atomic E-state index is 12.6. The van der Waals surface area contributed by atoms with Gasteiger partial charge < -0.3 is 9.64 Å². The third kappa shape index (κ3) is 3.00. The number of aromatic nitrogens is 4. The first-order valence-electron chi connectivity index (χ1n) is 7.61. The molecule has 3 aromatic rings. The van der Waals surface area contributed by atoms with Gasteiger partial charge in [0, 0.05) is 25.4 Å². The molecule has 0 radical (unpaired) electrons. The van der Waals surface area contributed by atoms with Crippen LogP contribution in [0.15, 0.2) is 42.2 Å². The number of likely N-dealkylation sites (tertiary alicyclic amines) is 1. The summed E-state index contributed by atoms with van der Waals surface area (Å²) in [6, 6.07) is 5.76. The number of aromatic amines is 1. The first-order chi connectivity index (χ1) is 11.8. The van der Waals surface area contributed by atoms with Gasteiger partial charge in [-0.1, -0.05) is 6.07 Å².